The number of urea groups is 1. The summed E-state index contributed by atoms with van der Waals surface area (Å²) in [7, 11) is 1.44. The lowest BCUT2D eigenvalue weighted by Gasteiger charge is -2.23. The van der Waals surface area contributed by atoms with E-state index in [0.29, 0.717) is 22.7 Å². The fourth-order valence-corrected chi connectivity index (χ4v) is 3.64. The Morgan fingerprint density at radius 2 is 1.82 bits per heavy atom. The Labute approximate surface area is 190 Å². The second-order valence-corrected chi connectivity index (χ2v) is 8.18. The Morgan fingerprint density at radius 3 is 2.55 bits per heavy atom. The minimum atomic E-state index is -1.36. The number of aryl methyl sites for hydroxylation is 1. The number of nitrogens with zero attached hydrogens (tertiary/aromatic N) is 2. The SMILES string of the molecule is Cc1ccc(NC(=O)CN(C)C(=O)CN2C(=O)N[C@@](C)(c3ccc4c(c3)OCO4)C2=O)cc1. The summed E-state index contributed by atoms with van der Waals surface area (Å²) >= 11 is 0. The Hall–Kier alpha value is -4.08. The molecule has 33 heavy (non-hydrogen) atoms. The van der Waals surface area contributed by atoms with Crippen molar-refractivity contribution in [1.82, 2.24) is 15.1 Å². The summed E-state index contributed by atoms with van der Waals surface area (Å²) in [5, 5.41) is 5.36. The lowest BCUT2D eigenvalue weighted by Crippen LogP contribution is -2.45. The van der Waals surface area contributed by atoms with Crippen LogP contribution in [0.25, 0.3) is 0 Å². The molecule has 0 radical (unpaired) electrons. The van der Waals surface area contributed by atoms with Crippen LogP contribution in [0, 0.1) is 6.92 Å². The van der Waals surface area contributed by atoms with Gasteiger partial charge in [0.15, 0.2) is 11.5 Å². The number of carbonyl (C=O) groups is 4. The van der Waals surface area contributed by atoms with Crippen molar-refractivity contribution < 1.29 is 28.7 Å². The number of fused-ring (bicyclic) bond motifs is 1. The van der Waals surface area contributed by atoms with Crippen LogP contribution in [0.4, 0.5) is 10.5 Å². The minimum Gasteiger partial charge on any atom is -0.454 e. The van der Waals surface area contributed by atoms with Crippen LogP contribution in [0.2, 0.25) is 0 Å². The highest BCUT2D eigenvalue weighted by Gasteiger charge is 2.50. The van der Waals surface area contributed by atoms with E-state index in [2.05, 4.69) is 10.6 Å². The van der Waals surface area contributed by atoms with E-state index in [1.165, 1.54) is 11.9 Å². The van der Waals surface area contributed by atoms with Crippen LogP contribution >= 0.6 is 0 Å². The average molecular weight is 452 g/mol. The molecule has 2 aromatic carbocycles. The highest BCUT2D eigenvalue weighted by molar-refractivity contribution is 6.09. The largest absolute Gasteiger partial charge is 0.454 e. The van der Waals surface area contributed by atoms with Gasteiger partial charge in [-0.2, -0.15) is 0 Å². The third-order valence-corrected chi connectivity index (χ3v) is 5.66. The molecule has 5 amide bonds. The molecule has 4 rings (SSSR count). The van der Waals surface area contributed by atoms with Gasteiger partial charge in [0.25, 0.3) is 5.91 Å². The van der Waals surface area contributed by atoms with Crippen LogP contribution in [0.5, 0.6) is 11.5 Å². The third-order valence-electron chi connectivity index (χ3n) is 5.66. The smallest absolute Gasteiger partial charge is 0.325 e. The number of hydrogen-bond donors (Lipinski definition) is 2. The first-order chi connectivity index (χ1) is 15.7. The summed E-state index contributed by atoms with van der Waals surface area (Å²) in [5.41, 5.74) is 0.812. The zero-order valence-corrected chi connectivity index (χ0v) is 18.5. The normalized spacial score (nSPS) is 18.8. The Morgan fingerprint density at radius 1 is 1.12 bits per heavy atom. The molecule has 10 heteroatoms. The van der Waals surface area contributed by atoms with Gasteiger partial charge in [-0.15, -0.1) is 0 Å². The van der Waals surface area contributed by atoms with Crippen molar-refractivity contribution >= 4 is 29.4 Å². The van der Waals surface area contributed by atoms with Crippen molar-refractivity contribution in [2.24, 2.45) is 0 Å². The monoisotopic (exact) mass is 452 g/mol. The molecular weight excluding hydrogens is 428 g/mol. The van der Waals surface area contributed by atoms with Gasteiger partial charge in [-0.1, -0.05) is 23.8 Å². The number of benzene rings is 2. The Bertz CT molecular complexity index is 1130. The molecule has 1 fully saturated rings. The Balaban J connectivity index is 1.39. The van der Waals surface area contributed by atoms with Crippen molar-refractivity contribution in [3.8, 4) is 11.5 Å². The zero-order valence-electron chi connectivity index (χ0n) is 18.5. The zero-order chi connectivity index (χ0) is 23.8. The standard InChI is InChI=1S/C23H24N4O6/c1-14-4-7-16(8-5-14)24-19(28)11-26(3)20(29)12-27-21(30)23(2,25-22(27)31)15-6-9-17-18(10-15)33-13-32-17/h4-10H,11-13H2,1-3H3,(H,24,28)(H,25,31)/t23-/m0/s1. The van der Waals surface area contributed by atoms with Gasteiger partial charge < -0.3 is 25.0 Å². The van der Waals surface area contributed by atoms with Crippen LogP contribution in [0.15, 0.2) is 42.5 Å². The fourth-order valence-electron chi connectivity index (χ4n) is 3.64. The van der Waals surface area contributed by atoms with Crippen LogP contribution in [0.3, 0.4) is 0 Å². The molecule has 2 aromatic rings. The predicted molar refractivity (Wildman–Crippen MR) is 118 cm³/mol. The maximum atomic E-state index is 13.1. The van der Waals surface area contributed by atoms with Crippen LogP contribution in [-0.2, 0) is 19.9 Å². The van der Waals surface area contributed by atoms with E-state index in [1.54, 1.807) is 37.3 Å². The van der Waals surface area contributed by atoms with Crippen LogP contribution < -0.4 is 20.1 Å². The van der Waals surface area contributed by atoms with Gasteiger partial charge in [-0.05, 0) is 43.7 Å². The number of imide groups is 1. The molecule has 2 heterocycles. The molecule has 1 saturated heterocycles. The van der Waals surface area contributed by atoms with Crippen LogP contribution in [0.1, 0.15) is 18.1 Å². The van der Waals surface area contributed by atoms with E-state index in [1.807, 2.05) is 19.1 Å². The fraction of sp³-hybridized carbons (Fsp3) is 0.304. The van der Waals surface area contributed by atoms with E-state index in [0.717, 1.165) is 10.5 Å². The van der Waals surface area contributed by atoms with Gasteiger partial charge in [0.05, 0.1) is 6.54 Å². The molecule has 0 aromatic heterocycles. The molecule has 10 nitrogen and oxygen atoms in total. The summed E-state index contributed by atoms with van der Waals surface area (Å²) in [6.45, 7) is 2.87. The molecule has 2 aliphatic rings. The summed E-state index contributed by atoms with van der Waals surface area (Å²) in [6, 6.07) is 11.5. The molecule has 172 valence electrons. The van der Waals surface area contributed by atoms with Gasteiger partial charge >= 0.3 is 6.03 Å². The first-order valence-corrected chi connectivity index (χ1v) is 10.3. The van der Waals surface area contributed by atoms with Gasteiger partial charge in [0.1, 0.15) is 12.1 Å². The van der Waals surface area contributed by atoms with Gasteiger partial charge in [0.2, 0.25) is 18.6 Å². The molecule has 0 unspecified atom stereocenters. The molecular formula is C23H24N4O6. The number of carbonyl (C=O) groups excluding carboxylic acids is 4. The molecule has 0 saturated carbocycles. The third kappa shape index (κ3) is 4.32. The molecule has 1 atom stereocenters. The first-order valence-electron chi connectivity index (χ1n) is 10.3. The molecule has 0 bridgehead atoms. The van der Waals surface area contributed by atoms with Crippen LogP contribution in [-0.4, -0.2) is 60.5 Å². The number of likely N-dealkylation sites (N-methyl/N-ethyl adjacent to an activating group) is 1. The van der Waals surface area contributed by atoms with Gasteiger partial charge in [0, 0.05) is 12.7 Å². The van der Waals surface area contributed by atoms with Crippen molar-refractivity contribution in [3.05, 3.63) is 53.6 Å². The lowest BCUT2D eigenvalue weighted by atomic mass is 9.91. The molecule has 0 aliphatic carbocycles. The quantitative estimate of drug-likeness (QED) is 0.643. The average Bonchev–Trinajstić information content (AvgIpc) is 3.33. The number of rotatable bonds is 6. The highest BCUT2D eigenvalue weighted by Crippen LogP contribution is 2.37. The number of hydrogen-bond acceptors (Lipinski definition) is 6. The van der Waals surface area contributed by atoms with Crippen molar-refractivity contribution in [2.45, 2.75) is 19.4 Å². The van der Waals surface area contributed by atoms with E-state index in [9.17, 15) is 19.2 Å². The minimum absolute atomic E-state index is 0.0836. The van der Waals surface area contributed by atoms with Crippen molar-refractivity contribution in [1.29, 1.82) is 0 Å². The number of ether oxygens (including phenoxy) is 2. The summed E-state index contributed by atoms with van der Waals surface area (Å²) in [5.74, 6) is -0.483. The van der Waals surface area contributed by atoms with Gasteiger partial charge in [-0.25, -0.2) is 4.79 Å². The number of anilines is 1. The molecule has 2 N–H and O–H groups in total. The van der Waals surface area contributed by atoms with Crippen molar-refractivity contribution in [3.63, 3.8) is 0 Å². The second kappa shape index (κ2) is 8.45. The summed E-state index contributed by atoms with van der Waals surface area (Å²) in [4.78, 5) is 52.6. The maximum Gasteiger partial charge on any atom is 0.325 e. The Kier molecular flexibility index (Phi) is 5.67. The summed E-state index contributed by atoms with van der Waals surface area (Å²) < 4.78 is 10.6. The topological polar surface area (TPSA) is 117 Å². The highest BCUT2D eigenvalue weighted by atomic mass is 16.7. The first kappa shape index (κ1) is 22.1. The van der Waals surface area contributed by atoms with Gasteiger partial charge in [-0.3, -0.25) is 19.3 Å². The van der Waals surface area contributed by atoms with E-state index in [-0.39, 0.29) is 13.3 Å². The summed E-state index contributed by atoms with van der Waals surface area (Å²) in [6.07, 6.45) is 0. The van der Waals surface area contributed by atoms with E-state index >= 15 is 0 Å². The molecule has 2 aliphatic heterocycles. The lowest BCUT2D eigenvalue weighted by molar-refractivity contribution is -0.139. The molecule has 0 spiro atoms. The van der Waals surface area contributed by atoms with Crippen molar-refractivity contribution in [2.75, 3.05) is 32.2 Å². The number of nitrogens with one attached hydrogen (secondary N) is 2. The van der Waals surface area contributed by atoms with E-state index in [4.69, 9.17) is 9.47 Å². The number of amides is 5. The van der Waals surface area contributed by atoms with E-state index < -0.39 is 35.8 Å². The predicted octanol–water partition coefficient (Wildman–Crippen LogP) is 1.59. The second-order valence-electron chi connectivity index (χ2n) is 8.18. The maximum absolute atomic E-state index is 13.1.